The topological polar surface area (TPSA) is 42.0 Å². The number of aromatic nitrogens is 1. The molecule has 0 saturated heterocycles. The number of carbonyl (C=O) groups is 1. The van der Waals surface area contributed by atoms with Crippen LogP contribution in [0.2, 0.25) is 0 Å². The SMILES string of the molecule is Cc1ccc(CC(C)NC(=O)c2ccc(Br)cn2)s1. The highest BCUT2D eigenvalue weighted by Crippen LogP contribution is 2.16. The van der Waals surface area contributed by atoms with Crippen molar-refractivity contribution in [1.82, 2.24) is 10.3 Å². The van der Waals surface area contributed by atoms with Gasteiger partial charge in [0, 0.05) is 32.9 Å². The second-order valence-corrected chi connectivity index (χ2v) is 6.74. The smallest absolute Gasteiger partial charge is 0.270 e. The second-order valence-electron chi connectivity index (χ2n) is 4.45. The molecule has 0 fully saturated rings. The molecule has 0 aliphatic carbocycles. The molecule has 0 aliphatic heterocycles. The number of aryl methyl sites for hydroxylation is 1. The van der Waals surface area contributed by atoms with Crippen molar-refractivity contribution in [2.75, 3.05) is 0 Å². The summed E-state index contributed by atoms with van der Waals surface area (Å²) in [6.07, 6.45) is 2.48. The molecule has 2 heterocycles. The van der Waals surface area contributed by atoms with Crippen LogP contribution in [-0.4, -0.2) is 16.9 Å². The van der Waals surface area contributed by atoms with Gasteiger partial charge in [-0.25, -0.2) is 4.98 Å². The monoisotopic (exact) mass is 338 g/mol. The van der Waals surface area contributed by atoms with Gasteiger partial charge in [-0.2, -0.15) is 0 Å². The molecule has 2 aromatic heterocycles. The van der Waals surface area contributed by atoms with Crippen LogP contribution in [0.4, 0.5) is 0 Å². The Hall–Kier alpha value is -1.20. The van der Waals surface area contributed by atoms with Crippen LogP contribution < -0.4 is 5.32 Å². The minimum absolute atomic E-state index is 0.0935. The number of hydrogen-bond donors (Lipinski definition) is 1. The average Bonchev–Trinajstić information content (AvgIpc) is 2.75. The summed E-state index contributed by atoms with van der Waals surface area (Å²) >= 11 is 5.07. The van der Waals surface area contributed by atoms with Crippen LogP contribution in [0.3, 0.4) is 0 Å². The molecule has 5 heteroatoms. The van der Waals surface area contributed by atoms with Crippen molar-refractivity contribution in [3.63, 3.8) is 0 Å². The van der Waals surface area contributed by atoms with Crippen LogP contribution >= 0.6 is 27.3 Å². The Labute approximate surface area is 125 Å². The number of rotatable bonds is 4. The van der Waals surface area contributed by atoms with Crippen molar-refractivity contribution in [2.45, 2.75) is 26.3 Å². The van der Waals surface area contributed by atoms with Gasteiger partial charge in [-0.3, -0.25) is 4.79 Å². The first kappa shape index (κ1) is 14.2. The number of amides is 1. The summed E-state index contributed by atoms with van der Waals surface area (Å²) in [5, 5.41) is 2.96. The molecule has 0 aliphatic rings. The maximum absolute atomic E-state index is 12.0. The number of pyridine rings is 1. The molecule has 1 amide bonds. The van der Waals surface area contributed by atoms with Gasteiger partial charge in [-0.1, -0.05) is 0 Å². The van der Waals surface area contributed by atoms with Gasteiger partial charge in [-0.15, -0.1) is 11.3 Å². The highest BCUT2D eigenvalue weighted by atomic mass is 79.9. The van der Waals surface area contributed by atoms with Gasteiger partial charge in [0.2, 0.25) is 0 Å². The van der Waals surface area contributed by atoms with E-state index < -0.39 is 0 Å². The number of thiophene rings is 1. The van der Waals surface area contributed by atoms with Crippen molar-refractivity contribution in [2.24, 2.45) is 0 Å². The highest BCUT2D eigenvalue weighted by Gasteiger charge is 2.12. The van der Waals surface area contributed by atoms with E-state index in [0.717, 1.165) is 10.9 Å². The first-order valence-electron chi connectivity index (χ1n) is 6.02. The number of nitrogens with zero attached hydrogens (tertiary/aromatic N) is 1. The molecular weight excluding hydrogens is 324 g/mol. The molecule has 1 N–H and O–H groups in total. The molecule has 100 valence electrons. The van der Waals surface area contributed by atoms with Crippen LogP contribution in [0.5, 0.6) is 0 Å². The molecule has 2 rings (SSSR count). The molecule has 2 aromatic rings. The zero-order chi connectivity index (χ0) is 13.8. The zero-order valence-corrected chi connectivity index (χ0v) is 13.2. The Bertz CT molecular complexity index is 565. The fourth-order valence-electron chi connectivity index (χ4n) is 1.76. The normalized spacial score (nSPS) is 12.2. The third-order valence-corrected chi connectivity index (χ3v) is 4.13. The zero-order valence-electron chi connectivity index (χ0n) is 10.8. The lowest BCUT2D eigenvalue weighted by Crippen LogP contribution is -2.34. The first-order valence-corrected chi connectivity index (χ1v) is 7.63. The quantitative estimate of drug-likeness (QED) is 0.925. The van der Waals surface area contributed by atoms with Crippen LogP contribution in [-0.2, 0) is 6.42 Å². The van der Waals surface area contributed by atoms with Gasteiger partial charge in [0.05, 0.1) is 0 Å². The van der Waals surface area contributed by atoms with Gasteiger partial charge >= 0.3 is 0 Å². The van der Waals surface area contributed by atoms with Crippen LogP contribution in [0.15, 0.2) is 34.9 Å². The maximum Gasteiger partial charge on any atom is 0.270 e. The Morgan fingerprint density at radius 2 is 2.21 bits per heavy atom. The van der Waals surface area contributed by atoms with Crippen molar-refractivity contribution < 1.29 is 4.79 Å². The maximum atomic E-state index is 12.0. The Morgan fingerprint density at radius 3 is 2.79 bits per heavy atom. The minimum atomic E-state index is -0.131. The summed E-state index contributed by atoms with van der Waals surface area (Å²) in [4.78, 5) is 18.6. The van der Waals surface area contributed by atoms with Crippen molar-refractivity contribution >= 4 is 33.2 Å². The average molecular weight is 339 g/mol. The van der Waals surface area contributed by atoms with Gasteiger partial charge < -0.3 is 5.32 Å². The third kappa shape index (κ3) is 4.14. The number of carbonyl (C=O) groups excluding carboxylic acids is 1. The molecule has 0 spiro atoms. The summed E-state index contributed by atoms with van der Waals surface area (Å²) in [7, 11) is 0. The predicted molar refractivity (Wildman–Crippen MR) is 81.6 cm³/mol. The molecule has 19 heavy (non-hydrogen) atoms. The first-order chi connectivity index (χ1) is 9.04. The number of hydrogen-bond acceptors (Lipinski definition) is 3. The Balaban J connectivity index is 1.93. The van der Waals surface area contributed by atoms with Crippen molar-refractivity contribution in [3.05, 3.63) is 50.4 Å². The van der Waals surface area contributed by atoms with E-state index in [-0.39, 0.29) is 11.9 Å². The van der Waals surface area contributed by atoms with E-state index in [1.54, 1.807) is 23.6 Å². The van der Waals surface area contributed by atoms with Gasteiger partial charge in [0.1, 0.15) is 5.69 Å². The van der Waals surface area contributed by atoms with E-state index in [9.17, 15) is 4.79 Å². The molecule has 1 atom stereocenters. The lowest BCUT2D eigenvalue weighted by molar-refractivity contribution is 0.0935. The van der Waals surface area contributed by atoms with E-state index in [0.29, 0.717) is 5.69 Å². The Morgan fingerprint density at radius 1 is 1.42 bits per heavy atom. The summed E-state index contributed by atoms with van der Waals surface area (Å²) in [5.74, 6) is -0.131. The lowest BCUT2D eigenvalue weighted by Gasteiger charge is -2.12. The van der Waals surface area contributed by atoms with E-state index in [1.165, 1.54) is 9.75 Å². The van der Waals surface area contributed by atoms with E-state index in [2.05, 4.69) is 45.3 Å². The van der Waals surface area contributed by atoms with Gasteiger partial charge in [-0.05, 0) is 54.0 Å². The van der Waals surface area contributed by atoms with Gasteiger partial charge in [0.15, 0.2) is 0 Å². The van der Waals surface area contributed by atoms with E-state index in [4.69, 9.17) is 0 Å². The number of nitrogens with one attached hydrogen (secondary N) is 1. The summed E-state index contributed by atoms with van der Waals surface area (Å²) < 4.78 is 0.867. The molecule has 0 saturated carbocycles. The van der Waals surface area contributed by atoms with Crippen LogP contribution in [0, 0.1) is 6.92 Å². The molecule has 0 radical (unpaired) electrons. The summed E-state index contributed by atoms with van der Waals surface area (Å²) in [5.41, 5.74) is 0.442. The fourth-order valence-corrected chi connectivity index (χ4v) is 3.01. The molecule has 1 unspecified atom stereocenters. The molecular formula is C14H15BrN2OS. The van der Waals surface area contributed by atoms with E-state index in [1.807, 2.05) is 13.0 Å². The minimum Gasteiger partial charge on any atom is -0.348 e. The predicted octanol–water partition coefficient (Wildman–Crippen LogP) is 3.58. The van der Waals surface area contributed by atoms with Crippen LogP contribution in [0.25, 0.3) is 0 Å². The van der Waals surface area contributed by atoms with Gasteiger partial charge in [0.25, 0.3) is 5.91 Å². The summed E-state index contributed by atoms with van der Waals surface area (Å²) in [6.45, 7) is 4.09. The molecule has 0 aromatic carbocycles. The highest BCUT2D eigenvalue weighted by molar-refractivity contribution is 9.10. The summed E-state index contributed by atoms with van der Waals surface area (Å²) in [6, 6.07) is 7.83. The van der Waals surface area contributed by atoms with Crippen molar-refractivity contribution in [1.29, 1.82) is 0 Å². The third-order valence-electron chi connectivity index (χ3n) is 2.64. The lowest BCUT2D eigenvalue weighted by atomic mass is 10.2. The van der Waals surface area contributed by atoms with Crippen LogP contribution in [0.1, 0.15) is 27.2 Å². The largest absolute Gasteiger partial charge is 0.348 e. The standard InChI is InChI=1S/C14H15BrN2OS/c1-9(7-12-5-3-10(2)19-12)17-14(18)13-6-4-11(15)8-16-13/h3-6,8-9H,7H2,1-2H3,(H,17,18). The van der Waals surface area contributed by atoms with E-state index >= 15 is 0 Å². The Kier molecular flexibility index (Phi) is 4.71. The second kappa shape index (κ2) is 6.30. The van der Waals surface area contributed by atoms with Crippen molar-refractivity contribution in [3.8, 4) is 0 Å². The molecule has 3 nitrogen and oxygen atoms in total. The number of halogens is 1. The molecule has 0 bridgehead atoms. The fraction of sp³-hybridized carbons (Fsp3) is 0.286.